The third kappa shape index (κ3) is 4.96. The van der Waals surface area contributed by atoms with E-state index in [0.717, 1.165) is 22.6 Å². The number of amides is 2. The number of hydrogen-bond donors (Lipinski definition) is 2. The van der Waals surface area contributed by atoms with Gasteiger partial charge in [-0.25, -0.2) is 4.68 Å². The molecule has 3 aromatic rings. The minimum atomic E-state index is -0.371. The summed E-state index contributed by atoms with van der Waals surface area (Å²) in [5.74, 6) is 2.56. The first kappa shape index (κ1) is 23.5. The molecule has 1 aromatic heterocycles. The molecular weight excluding hydrogens is 456 g/mol. The van der Waals surface area contributed by atoms with Gasteiger partial charge in [-0.15, -0.1) is 0 Å². The van der Waals surface area contributed by atoms with Crippen LogP contribution in [0, 0.1) is 0 Å². The molecule has 34 heavy (non-hydrogen) atoms. The molecule has 0 aliphatic carbocycles. The molecule has 0 atom stereocenters. The Bertz CT molecular complexity index is 1170. The second kappa shape index (κ2) is 10.5. The van der Waals surface area contributed by atoms with Crippen LogP contribution in [0.2, 0.25) is 0 Å². The van der Waals surface area contributed by atoms with Crippen LogP contribution in [0.25, 0.3) is 0 Å². The smallest absolute Gasteiger partial charge is 0.257 e. The van der Waals surface area contributed by atoms with Crippen molar-refractivity contribution in [3.8, 4) is 17.2 Å². The number of carbonyl (C=O) groups excluding carboxylic acids is 2. The molecule has 10 heteroatoms. The number of aromatic nitrogens is 2. The number of fused-ring (bicyclic) bond motifs is 1. The average Bonchev–Trinajstić information content (AvgIpc) is 3.44. The molecule has 0 bridgehead atoms. The van der Waals surface area contributed by atoms with Crippen molar-refractivity contribution in [2.45, 2.75) is 24.6 Å². The zero-order valence-corrected chi connectivity index (χ0v) is 20.0. The van der Waals surface area contributed by atoms with Crippen LogP contribution in [0.15, 0.2) is 42.5 Å². The molecule has 2 N–H and O–H groups in total. The van der Waals surface area contributed by atoms with Gasteiger partial charge in [0.1, 0.15) is 12.4 Å². The monoisotopic (exact) mass is 482 g/mol. The summed E-state index contributed by atoms with van der Waals surface area (Å²) in [4.78, 5) is 25.8. The van der Waals surface area contributed by atoms with Crippen molar-refractivity contribution in [3.05, 3.63) is 64.8 Å². The lowest BCUT2D eigenvalue weighted by Crippen LogP contribution is -2.28. The van der Waals surface area contributed by atoms with Gasteiger partial charge in [-0.1, -0.05) is 30.3 Å². The van der Waals surface area contributed by atoms with Crippen molar-refractivity contribution in [3.63, 3.8) is 0 Å². The normalized spacial score (nSPS) is 12.1. The summed E-state index contributed by atoms with van der Waals surface area (Å²) >= 11 is 1.71. The maximum atomic E-state index is 13.2. The van der Waals surface area contributed by atoms with E-state index in [-0.39, 0.29) is 18.4 Å². The SMILES string of the molecule is COc1cc(C(=O)Nc2c3c(nn2CC(=O)NCc2ccccc2)CSC3)cc(OC)c1OC. The molecule has 0 radical (unpaired) electrons. The van der Waals surface area contributed by atoms with Crippen LogP contribution >= 0.6 is 11.8 Å². The quantitative estimate of drug-likeness (QED) is 0.483. The molecule has 0 unspecified atom stereocenters. The average molecular weight is 483 g/mol. The van der Waals surface area contributed by atoms with Crippen LogP contribution in [-0.2, 0) is 29.4 Å². The second-order valence-electron chi connectivity index (χ2n) is 7.55. The van der Waals surface area contributed by atoms with Gasteiger partial charge < -0.3 is 24.8 Å². The highest BCUT2D eigenvalue weighted by Crippen LogP contribution is 2.39. The van der Waals surface area contributed by atoms with Gasteiger partial charge in [0.25, 0.3) is 5.91 Å². The highest BCUT2D eigenvalue weighted by molar-refractivity contribution is 7.98. The minimum Gasteiger partial charge on any atom is -0.493 e. The molecule has 0 spiro atoms. The van der Waals surface area contributed by atoms with Crippen LogP contribution in [-0.4, -0.2) is 42.9 Å². The summed E-state index contributed by atoms with van der Waals surface area (Å²) in [6.07, 6.45) is 0. The number of anilines is 1. The zero-order chi connectivity index (χ0) is 24.1. The highest BCUT2D eigenvalue weighted by atomic mass is 32.2. The number of hydrogen-bond acceptors (Lipinski definition) is 7. The lowest BCUT2D eigenvalue weighted by atomic mass is 10.1. The molecule has 2 amide bonds. The Hall–Kier alpha value is -3.66. The first-order chi connectivity index (χ1) is 16.5. The highest BCUT2D eigenvalue weighted by Gasteiger charge is 2.26. The van der Waals surface area contributed by atoms with Crippen molar-refractivity contribution < 1.29 is 23.8 Å². The van der Waals surface area contributed by atoms with E-state index in [1.807, 2.05) is 30.3 Å². The number of nitrogens with one attached hydrogen (secondary N) is 2. The molecule has 4 rings (SSSR count). The van der Waals surface area contributed by atoms with E-state index in [0.29, 0.717) is 40.9 Å². The van der Waals surface area contributed by atoms with Gasteiger partial charge >= 0.3 is 0 Å². The van der Waals surface area contributed by atoms with Crippen molar-refractivity contribution in [2.24, 2.45) is 0 Å². The van der Waals surface area contributed by atoms with Crippen molar-refractivity contribution in [1.82, 2.24) is 15.1 Å². The van der Waals surface area contributed by atoms with E-state index in [4.69, 9.17) is 14.2 Å². The summed E-state index contributed by atoms with van der Waals surface area (Å²) in [7, 11) is 4.49. The minimum absolute atomic E-state index is 0.00459. The zero-order valence-electron chi connectivity index (χ0n) is 19.2. The fraction of sp³-hybridized carbons (Fsp3) is 0.292. The lowest BCUT2D eigenvalue weighted by Gasteiger charge is -2.15. The number of benzene rings is 2. The Balaban J connectivity index is 1.54. The van der Waals surface area contributed by atoms with Crippen LogP contribution in [0.3, 0.4) is 0 Å². The second-order valence-corrected chi connectivity index (χ2v) is 8.54. The van der Waals surface area contributed by atoms with Gasteiger partial charge in [-0.3, -0.25) is 9.59 Å². The Morgan fingerprint density at radius 2 is 1.74 bits per heavy atom. The molecule has 2 heterocycles. The number of rotatable bonds is 9. The van der Waals surface area contributed by atoms with Crippen molar-refractivity contribution in [2.75, 3.05) is 26.6 Å². The predicted molar refractivity (Wildman–Crippen MR) is 130 cm³/mol. The summed E-state index contributed by atoms with van der Waals surface area (Å²) in [5, 5.41) is 10.4. The summed E-state index contributed by atoms with van der Waals surface area (Å²) in [6, 6.07) is 12.8. The van der Waals surface area contributed by atoms with E-state index in [9.17, 15) is 9.59 Å². The molecule has 1 aliphatic rings. The van der Waals surface area contributed by atoms with Crippen LogP contribution < -0.4 is 24.8 Å². The molecule has 0 saturated heterocycles. The Kier molecular flexibility index (Phi) is 7.27. The third-order valence-corrected chi connectivity index (χ3v) is 6.37. The fourth-order valence-electron chi connectivity index (χ4n) is 3.70. The first-order valence-corrected chi connectivity index (χ1v) is 11.8. The van der Waals surface area contributed by atoms with Gasteiger partial charge in [-0.2, -0.15) is 16.9 Å². The lowest BCUT2D eigenvalue weighted by molar-refractivity contribution is -0.122. The molecule has 0 fully saturated rings. The van der Waals surface area contributed by atoms with E-state index in [1.54, 1.807) is 28.6 Å². The number of nitrogens with zero attached hydrogens (tertiary/aromatic N) is 2. The third-order valence-electron chi connectivity index (χ3n) is 5.40. The number of carbonyl (C=O) groups is 2. The van der Waals surface area contributed by atoms with E-state index >= 15 is 0 Å². The predicted octanol–water partition coefficient (Wildman–Crippen LogP) is 3.22. The molecular formula is C24H26N4O5S. The van der Waals surface area contributed by atoms with Gasteiger partial charge in [-0.05, 0) is 17.7 Å². The number of methoxy groups -OCH3 is 3. The van der Waals surface area contributed by atoms with Crippen LogP contribution in [0.5, 0.6) is 17.2 Å². The summed E-state index contributed by atoms with van der Waals surface area (Å²) in [5.41, 5.74) is 3.14. The van der Waals surface area contributed by atoms with Gasteiger partial charge in [0, 0.05) is 29.2 Å². The Morgan fingerprint density at radius 1 is 1.03 bits per heavy atom. The number of thioether (sulfide) groups is 1. The summed E-state index contributed by atoms with van der Waals surface area (Å²) < 4.78 is 17.6. The maximum Gasteiger partial charge on any atom is 0.257 e. The van der Waals surface area contributed by atoms with Gasteiger partial charge in [0.2, 0.25) is 11.7 Å². The van der Waals surface area contributed by atoms with Crippen LogP contribution in [0.4, 0.5) is 5.82 Å². The largest absolute Gasteiger partial charge is 0.493 e. The maximum absolute atomic E-state index is 13.2. The van der Waals surface area contributed by atoms with E-state index in [1.165, 1.54) is 21.3 Å². The van der Waals surface area contributed by atoms with Gasteiger partial charge in [0.15, 0.2) is 11.5 Å². The standard InChI is InChI=1S/C24H26N4O5S/c1-31-19-9-16(10-20(32-2)22(19)33-3)24(30)26-23-17-13-34-14-18(17)27-28(23)12-21(29)25-11-15-7-5-4-6-8-15/h4-10H,11-14H2,1-3H3,(H,25,29)(H,26,30). The molecule has 0 saturated carbocycles. The van der Waals surface area contributed by atoms with Crippen molar-refractivity contribution >= 4 is 29.4 Å². The van der Waals surface area contributed by atoms with E-state index in [2.05, 4.69) is 15.7 Å². The Labute approximate surface area is 201 Å². The van der Waals surface area contributed by atoms with E-state index < -0.39 is 0 Å². The molecule has 178 valence electrons. The van der Waals surface area contributed by atoms with Crippen LogP contribution in [0.1, 0.15) is 27.2 Å². The fourth-order valence-corrected chi connectivity index (χ4v) is 4.74. The van der Waals surface area contributed by atoms with Crippen molar-refractivity contribution in [1.29, 1.82) is 0 Å². The molecule has 2 aromatic carbocycles. The topological polar surface area (TPSA) is 104 Å². The number of ether oxygens (including phenoxy) is 3. The summed E-state index contributed by atoms with van der Waals surface area (Å²) in [6.45, 7) is 0.416. The molecule has 1 aliphatic heterocycles. The Morgan fingerprint density at radius 3 is 2.38 bits per heavy atom. The molecule has 9 nitrogen and oxygen atoms in total. The first-order valence-electron chi connectivity index (χ1n) is 10.6. The van der Waals surface area contributed by atoms with Gasteiger partial charge in [0.05, 0.1) is 27.0 Å².